The van der Waals surface area contributed by atoms with Crippen LogP contribution in [0, 0.1) is 6.92 Å². The quantitative estimate of drug-likeness (QED) is 0.756. The molecular formula is C19H17NO4. The highest BCUT2D eigenvalue weighted by Gasteiger charge is 2.16. The second-order valence-electron chi connectivity index (χ2n) is 5.62. The second-order valence-corrected chi connectivity index (χ2v) is 5.62. The largest absolute Gasteiger partial charge is 0.486 e. The fourth-order valence-electron chi connectivity index (χ4n) is 2.58. The Balaban J connectivity index is 1.76. The molecule has 3 rings (SSSR count). The lowest BCUT2D eigenvalue weighted by Gasteiger charge is -2.09. The van der Waals surface area contributed by atoms with Crippen molar-refractivity contribution in [3.05, 3.63) is 65.9 Å². The molecule has 1 aromatic heterocycles. The van der Waals surface area contributed by atoms with Gasteiger partial charge < -0.3 is 14.4 Å². The van der Waals surface area contributed by atoms with Crippen molar-refractivity contribution in [1.82, 2.24) is 4.57 Å². The number of nitrogens with zero attached hydrogens (tertiary/aromatic N) is 1. The van der Waals surface area contributed by atoms with E-state index < -0.39 is 5.97 Å². The van der Waals surface area contributed by atoms with Gasteiger partial charge in [0.15, 0.2) is 5.78 Å². The van der Waals surface area contributed by atoms with Gasteiger partial charge in [-0.1, -0.05) is 35.9 Å². The van der Waals surface area contributed by atoms with Crippen LogP contribution >= 0.6 is 0 Å². The number of Topliss-reactive ketones (excluding diaryl/α,β-unsaturated/α-hetero) is 1. The number of ketones is 1. The number of aromatic carboxylic acids is 1. The molecule has 0 spiro atoms. The summed E-state index contributed by atoms with van der Waals surface area (Å²) in [6.07, 6.45) is 0. The highest BCUT2D eigenvalue weighted by Crippen LogP contribution is 2.20. The summed E-state index contributed by atoms with van der Waals surface area (Å²) >= 11 is 0. The van der Waals surface area contributed by atoms with Gasteiger partial charge in [-0.25, -0.2) is 4.79 Å². The zero-order chi connectivity index (χ0) is 17.1. The van der Waals surface area contributed by atoms with E-state index in [1.54, 1.807) is 24.3 Å². The number of aryl methyl sites for hydroxylation is 1. The van der Waals surface area contributed by atoms with Crippen LogP contribution in [0.2, 0.25) is 0 Å². The minimum Gasteiger partial charge on any atom is -0.486 e. The number of carbonyl (C=O) groups excluding carboxylic acids is 1. The zero-order valence-corrected chi connectivity index (χ0v) is 13.2. The molecule has 0 aliphatic heterocycles. The van der Waals surface area contributed by atoms with Gasteiger partial charge in [0.05, 0.1) is 6.54 Å². The van der Waals surface area contributed by atoms with E-state index in [1.165, 1.54) is 4.57 Å². The van der Waals surface area contributed by atoms with E-state index in [2.05, 4.69) is 0 Å². The predicted octanol–water partition coefficient (Wildman–Crippen LogP) is 3.30. The maximum Gasteiger partial charge on any atom is 0.352 e. The van der Waals surface area contributed by atoms with Gasteiger partial charge in [-0.15, -0.1) is 0 Å². The van der Waals surface area contributed by atoms with Gasteiger partial charge in [-0.05, 0) is 31.2 Å². The summed E-state index contributed by atoms with van der Waals surface area (Å²) < 4.78 is 6.99. The van der Waals surface area contributed by atoms with E-state index in [-0.39, 0.29) is 24.6 Å². The van der Waals surface area contributed by atoms with Crippen LogP contribution in [-0.4, -0.2) is 28.0 Å². The van der Waals surface area contributed by atoms with E-state index in [0.717, 1.165) is 16.5 Å². The Bertz CT molecular complexity index is 893. The smallest absolute Gasteiger partial charge is 0.352 e. The molecule has 0 saturated heterocycles. The molecule has 0 unspecified atom stereocenters. The van der Waals surface area contributed by atoms with Crippen molar-refractivity contribution in [2.24, 2.45) is 0 Å². The fourth-order valence-corrected chi connectivity index (χ4v) is 2.58. The minimum atomic E-state index is -1.06. The SMILES string of the molecule is Cc1ccc(OCC(=O)Cn2c(C(=O)O)cc3ccccc32)cc1. The summed E-state index contributed by atoms with van der Waals surface area (Å²) in [6, 6.07) is 16.3. The average molecular weight is 323 g/mol. The predicted molar refractivity (Wildman–Crippen MR) is 90.6 cm³/mol. The molecule has 0 aliphatic carbocycles. The first-order valence-corrected chi connectivity index (χ1v) is 7.57. The van der Waals surface area contributed by atoms with Crippen LogP contribution < -0.4 is 4.74 Å². The molecule has 24 heavy (non-hydrogen) atoms. The van der Waals surface area contributed by atoms with Crippen molar-refractivity contribution >= 4 is 22.7 Å². The van der Waals surface area contributed by atoms with Crippen LogP contribution in [-0.2, 0) is 11.3 Å². The third kappa shape index (κ3) is 3.30. The molecule has 0 atom stereocenters. The molecule has 0 radical (unpaired) electrons. The van der Waals surface area contributed by atoms with Crippen molar-refractivity contribution in [2.75, 3.05) is 6.61 Å². The van der Waals surface area contributed by atoms with E-state index in [1.807, 2.05) is 37.3 Å². The standard InChI is InChI=1S/C19H17NO4/c1-13-6-8-16(9-7-13)24-12-15(21)11-20-17-5-3-2-4-14(17)10-18(20)19(22)23/h2-10H,11-12H2,1H3,(H,22,23). The summed E-state index contributed by atoms with van der Waals surface area (Å²) in [5.41, 5.74) is 1.93. The number of hydrogen-bond acceptors (Lipinski definition) is 3. The van der Waals surface area contributed by atoms with Crippen molar-refractivity contribution < 1.29 is 19.4 Å². The third-order valence-corrected chi connectivity index (χ3v) is 3.78. The van der Waals surface area contributed by atoms with Gasteiger partial charge in [0.2, 0.25) is 0 Å². The zero-order valence-electron chi connectivity index (χ0n) is 13.2. The summed E-state index contributed by atoms with van der Waals surface area (Å²) in [5, 5.41) is 10.1. The Kier molecular flexibility index (Phi) is 4.33. The van der Waals surface area contributed by atoms with Gasteiger partial charge in [0, 0.05) is 10.9 Å². The first kappa shape index (κ1) is 15.8. The van der Waals surface area contributed by atoms with E-state index in [0.29, 0.717) is 5.75 Å². The average Bonchev–Trinajstić information content (AvgIpc) is 2.93. The van der Waals surface area contributed by atoms with Gasteiger partial charge in [0.25, 0.3) is 0 Å². The number of aromatic nitrogens is 1. The normalized spacial score (nSPS) is 10.7. The van der Waals surface area contributed by atoms with Gasteiger partial charge in [-0.2, -0.15) is 0 Å². The van der Waals surface area contributed by atoms with Crippen molar-refractivity contribution in [3.63, 3.8) is 0 Å². The van der Waals surface area contributed by atoms with Crippen molar-refractivity contribution in [1.29, 1.82) is 0 Å². The number of carboxylic acids is 1. The lowest BCUT2D eigenvalue weighted by Crippen LogP contribution is -2.20. The van der Waals surface area contributed by atoms with Crippen LogP contribution in [0.25, 0.3) is 10.9 Å². The maximum absolute atomic E-state index is 12.2. The van der Waals surface area contributed by atoms with Crippen LogP contribution in [0.15, 0.2) is 54.6 Å². The molecular weight excluding hydrogens is 306 g/mol. The Hall–Kier alpha value is -3.08. The lowest BCUT2D eigenvalue weighted by molar-refractivity contribution is -0.121. The molecule has 122 valence electrons. The number of para-hydroxylation sites is 1. The van der Waals surface area contributed by atoms with Crippen LogP contribution in [0.4, 0.5) is 0 Å². The molecule has 0 fully saturated rings. The van der Waals surface area contributed by atoms with E-state index in [9.17, 15) is 14.7 Å². The summed E-state index contributed by atoms with van der Waals surface area (Å²) in [7, 11) is 0. The van der Waals surface area contributed by atoms with Gasteiger partial charge in [0.1, 0.15) is 18.1 Å². The van der Waals surface area contributed by atoms with E-state index in [4.69, 9.17) is 4.74 Å². The fraction of sp³-hybridized carbons (Fsp3) is 0.158. The van der Waals surface area contributed by atoms with Gasteiger partial charge >= 0.3 is 5.97 Å². The number of ether oxygens (including phenoxy) is 1. The number of hydrogen-bond donors (Lipinski definition) is 1. The van der Waals surface area contributed by atoms with Crippen molar-refractivity contribution in [2.45, 2.75) is 13.5 Å². The highest BCUT2D eigenvalue weighted by atomic mass is 16.5. The molecule has 0 amide bonds. The number of rotatable bonds is 6. The maximum atomic E-state index is 12.2. The minimum absolute atomic E-state index is 0.0407. The molecule has 5 heteroatoms. The van der Waals surface area contributed by atoms with Crippen molar-refractivity contribution in [3.8, 4) is 5.75 Å². The molecule has 1 heterocycles. The lowest BCUT2D eigenvalue weighted by atomic mass is 10.2. The Morgan fingerprint density at radius 2 is 1.79 bits per heavy atom. The Morgan fingerprint density at radius 1 is 1.08 bits per heavy atom. The third-order valence-electron chi connectivity index (χ3n) is 3.78. The summed E-state index contributed by atoms with van der Waals surface area (Å²) in [6.45, 7) is 1.83. The molecule has 5 nitrogen and oxygen atoms in total. The Morgan fingerprint density at radius 3 is 2.50 bits per heavy atom. The molecule has 0 aliphatic rings. The molecule has 1 N–H and O–H groups in total. The second kappa shape index (κ2) is 6.58. The number of fused-ring (bicyclic) bond motifs is 1. The summed E-state index contributed by atoms with van der Waals surface area (Å²) in [4.78, 5) is 23.7. The molecule has 3 aromatic rings. The van der Waals surface area contributed by atoms with Crippen LogP contribution in [0.5, 0.6) is 5.75 Å². The number of benzene rings is 2. The topological polar surface area (TPSA) is 68.5 Å². The number of carbonyl (C=O) groups is 2. The first-order chi connectivity index (χ1) is 11.5. The van der Waals surface area contributed by atoms with Crippen LogP contribution in [0.1, 0.15) is 16.1 Å². The summed E-state index contributed by atoms with van der Waals surface area (Å²) in [5.74, 6) is -0.636. The van der Waals surface area contributed by atoms with E-state index >= 15 is 0 Å². The Labute approximate surface area is 139 Å². The monoisotopic (exact) mass is 323 g/mol. The van der Waals surface area contributed by atoms with Gasteiger partial charge in [-0.3, -0.25) is 4.79 Å². The molecule has 0 saturated carbocycles. The molecule has 2 aromatic carbocycles. The van der Waals surface area contributed by atoms with Crippen LogP contribution in [0.3, 0.4) is 0 Å². The first-order valence-electron chi connectivity index (χ1n) is 7.57. The molecule has 0 bridgehead atoms. The number of carboxylic acid groups (broad SMARTS) is 1. The highest BCUT2D eigenvalue weighted by molar-refractivity contribution is 5.96.